The fourth-order valence-corrected chi connectivity index (χ4v) is 2.49. The largest absolute Gasteiger partial charge is 0.310 e. The number of rotatable bonds is 7. The van der Waals surface area contributed by atoms with Crippen molar-refractivity contribution < 1.29 is 4.39 Å². The van der Waals surface area contributed by atoms with Gasteiger partial charge in [0.1, 0.15) is 5.82 Å². The lowest BCUT2D eigenvalue weighted by molar-refractivity contribution is 0.299. The summed E-state index contributed by atoms with van der Waals surface area (Å²) in [6, 6.07) is 6.64. The third-order valence-corrected chi connectivity index (χ3v) is 3.99. The first-order chi connectivity index (χ1) is 9.11. The fraction of sp³-hybridized carbons (Fsp3) is 0.625. The van der Waals surface area contributed by atoms with Crippen LogP contribution in [0.1, 0.15) is 43.4 Å². The monoisotopic (exact) mass is 264 g/mol. The highest BCUT2D eigenvalue weighted by molar-refractivity contribution is 5.25. The summed E-state index contributed by atoms with van der Waals surface area (Å²) in [5.41, 5.74) is 1.78. The second-order valence-corrected chi connectivity index (χ2v) is 5.62. The maximum absolute atomic E-state index is 13.7. The van der Waals surface area contributed by atoms with Gasteiger partial charge in [0, 0.05) is 12.1 Å². The van der Waals surface area contributed by atoms with Crippen molar-refractivity contribution in [2.75, 3.05) is 20.1 Å². The topological polar surface area (TPSA) is 15.3 Å². The van der Waals surface area contributed by atoms with Crippen molar-refractivity contribution in [3.05, 3.63) is 35.1 Å². The van der Waals surface area contributed by atoms with Crippen LogP contribution in [-0.2, 0) is 0 Å². The average molecular weight is 264 g/mol. The summed E-state index contributed by atoms with van der Waals surface area (Å²) in [7, 11) is 2.19. The molecular formula is C16H25FN2. The second kappa shape index (κ2) is 6.49. The van der Waals surface area contributed by atoms with E-state index >= 15 is 0 Å². The van der Waals surface area contributed by atoms with Gasteiger partial charge in [-0.25, -0.2) is 4.39 Å². The van der Waals surface area contributed by atoms with Gasteiger partial charge in [0.2, 0.25) is 0 Å². The van der Waals surface area contributed by atoms with E-state index in [4.69, 9.17) is 0 Å². The van der Waals surface area contributed by atoms with Gasteiger partial charge in [-0.2, -0.15) is 0 Å². The molecule has 1 atom stereocenters. The lowest BCUT2D eigenvalue weighted by Gasteiger charge is -2.23. The molecule has 0 saturated heterocycles. The van der Waals surface area contributed by atoms with Gasteiger partial charge in [-0.3, -0.25) is 0 Å². The normalized spacial score (nSPS) is 16.9. The molecule has 1 unspecified atom stereocenters. The molecule has 1 N–H and O–H groups in total. The number of nitrogens with zero attached hydrogens (tertiary/aromatic N) is 1. The van der Waals surface area contributed by atoms with Crippen molar-refractivity contribution in [1.29, 1.82) is 0 Å². The Morgan fingerprint density at radius 3 is 2.74 bits per heavy atom. The smallest absolute Gasteiger partial charge is 0.126 e. The summed E-state index contributed by atoms with van der Waals surface area (Å²) >= 11 is 0. The van der Waals surface area contributed by atoms with E-state index < -0.39 is 0 Å². The van der Waals surface area contributed by atoms with Crippen LogP contribution in [0.2, 0.25) is 0 Å². The van der Waals surface area contributed by atoms with Gasteiger partial charge in [0.25, 0.3) is 0 Å². The first kappa shape index (κ1) is 14.5. The molecule has 1 aliphatic rings. The van der Waals surface area contributed by atoms with Crippen LogP contribution in [0, 0.1) is 12.7 Å². The molecule has 1 aromatic carbocycles. The zero-order valence-electron chi connectivity index (χ0n) is 12.2. The second-order valence-electron chi connectivity index (χ2n) is 5.62. The summed E-state index contributed by atoms with van der Waals surface area (Å²) < 4.78 is 13.7. The molecule has 3 heteroatoms. The lowest BCUT2D eigenvalue weighted by atomic mass is 10.0. The molecule has 1 aliphatic carbocycles. The molecule has 106 valence electrons. The molecule has 0 aliphatic heterocycles. The van der Waals surface area contributed by atoms with Gasteiger partial charge < -0.3 is 10.2 Å². The van der Waals surface area contributed by atoms with Crippen LogP contribution in [0.15, 0.2) is 18.2 Å². The Kier molecular flexibility index (Phi) is 4.94. The Morgan fingerprint density at radius 2 is 2.16 bits per heavy atom. The first-order valence-corrected chi connectivity index (χ1v) is 7.31. The maximum Gasteiger partial charge on any atom is 0.126 e. The molecule has 2 nitrogen and oxygen atoms in total. The fourth-order valence-electron chi connectivity index (χ4n) is 2.49. The summed E-state index contributed by atoms with van der Waals surface area (Å²) in [5, 5.41) is 3.47. The van der Waals surface area contributed by atoms with Gasteiger partial charge in [0.05, 0.1) is 0 Å². The number of hydrogen-bond donors (Lipinski definition) is 1. The minimum Gasteiger partial charge on any atom is -0.310 e. The van der Waals surface area contributed by atoms with E-state index in [0.29, 0.717) is 5.56 Å². The van der Waals surface area contributed by atoms with Crippen molar-refractivity contribution in [1.82, 2.24) is 10.2 Å². The molecule has 1 aromatic rings. The highest BCUT2D eigenvalue weighted by atomic mass is 19.1. The van der Waals surface area contributed by atoms with E-state index in [0.717, 1.165) is 31.1 Å². The summed E-state index contributed by atoms with van der Waals surface area (Å²) in [5.74, 6) is -0.101. The molecule has 2 rings (SSSR count). The predicted octanol–water partition coefficient (Wildman–Crippen LogP) is 3.27. The van der Waals surface area contributed by atoms with Crippen LogP contribution in [0.25, 0.3) is 0 Å². The Bertz CT molecular complexity index is 415. The number of nitrogens with one attached hydrogen (secondary N) is 1. The van der Waals surface area contributed by atoms with Crippen molar-refractivity contribution in [3.63, 3.8) is 0 Å². The molecule has 0 aromatic heterocycles. The third kappa shape index (κ3) is 4.02. The zero-order chi connectivity index (χ0) is 13.8. The van der Waals surface area contributed by atoms with E-state index in [1.165, 1.54) is 12.8 Å². The molecule has 0 radical (unpaired) electrons. The Labute approximate surface area is 116 Å². The Balaban J connectivity index is 1.98. The maximum atomic E-state index is 13.7. The molecule has 0 amide bonds. The van der Waals surface area contributed by atoms with E-state index in [1.807, 2.05) is 19.1 Å². The predicted molar refractivity (Wildman–Crippen MR) is 77.8 cm³/mol. The van der Waals surface area contributed by atoms with Crippen LogP contribution in [-0.4, -0.2) is 31.1 Å². The Morgan fingerprint density at radius 1 is 1.42 bits per heavy atom. The zero-order valence-corrected chi connectivity index (χ0v) is 12.2. The standard InChI is InChI=1S/C16H25FN2/c1-4-18-16(9-10-19(3)14-7-8-14)13-6-5-12(2)15(17)11-13/h5-6,11,14,16,18H,4,7-10H2,1-3H3. The highest BCUT2D eigenvalue weighted by Crippen LogP contribution is 2.27. The summed E-state index contributed by atoms with van der Waals surface area (Å²) in [4.78, 5) is 2.43. The number of aryl methyl sites for hydroxylation is 1. The molecule has 0 bridgehead atoms. The van der Waals surface area contributed by atoms with Crippen LogP contribution < -0.4 is 5.32 Å². The van der Waals surface area contributed by atoms with Gasteiger partial charge >= 0.3 is 0 Å². The minimum absolute atomic E-state index is 0.101. The van der Waals surface area contributed by atoms with Gasteiger partial charge in [-0.15, -0.1) is 0 Å². The van der Waals surface area contributed by atoms with Gasteiger partial charge in [-0.1, -0.05) is 19.1 Å². The molecule has 0 spiro atoms. The lowest BCUT2D eigenvalue weighted by Crippen LogP contribution is -2.28. The quantitative estimate of drug-likeness (QED) is 0.813. The molecule has 0 heterocycles. The average Bonchev–Trinajstić information content (AvgIpc) is 3.22. The SMILES string of the molecule is CCNC(CCN(C)C1CC1)c1ccc(C)c(F)c1. The highest BCUT2D eigenvalue weighted by Gasteiger charge is 2.26. The van der Waals surface area contributed by atoms with Gasteiger partial charge in [0.15, 0.2) is 0 Å². The van der Waals surface area contributed by atoms with Crippen molar-refractivity contribution >= 4 is 0 Å². The minimum atomic E-state index is -0.101. The summed E-state index contributed by atoms with van der Waals surface area (Å²) in [6.45, 7) is 5.88. The van der Waals surface area contributed by atoms with Crippen LogP contribution in [0.4, 0.5) is 4.39 Å². The van der Waals surface area contributed by atoms with E-state index in [9.17, 15) is 4.39 Å². The van der Waals surface area contributed by atoms with Crippen molar-refractivity contribution in [2.24, 2.45) is 0 Å². The van der Waals surface area contributed by atoms with Crippen LogP contribution in [0.5, 0.6) is 0 Å². The third-order valence-electron chi connectivity index (χ3n) is 3.99. The number of hydrogen-bond acceptors (Lipinski definition) is 2. The molecule has 1 fully saturated rings. The van der Waals surface area contributed by atoms with E-state index in [-0.39, 0.29) is 11.9 Å². The summed E-state index contributed by atoms with van der Waals surface area (Å²) in [6.07, 6.45) is 3.70. The number of halogens is 1. The van der Waals surface area contributed by atoms with Gasteiger partial charge in [-0.05, 0) is 63.5 Å². The van der Waals surface area contributed by atoms with E-state index in [1.54, 1.807) is 6.07 Å². The molecule has 1 saturated carbocycles. The van der Waals surface area contributed by atoms with E-state index in [2.05, 4.69) is 24.2 Å². The molecule has 19 heavy (non-hydrogen) atoms. The van der Waals surface area contributed by atoms with Crippen molar-refractivity contribution in [2.45, 2.75) is 45.2 Å². The molecular weight excluding hydrogens is 239 g/mol. The van der Waals surface area contributed by atoms with Crippen molar-refractivity contribution in [3.8, 4) is 0 Å². The number of benzene rings is 1. The van der Waals surface area contributed by atoms with Crippen LogP contribution in [0.3, 0.4) is 0 Å². The Hall–Kier alpha value is -0.930. The van der Waals surface area contributed by atoms with Crippen LogP contribution >= 0.6 is 0 Å². The first-order valence-electron chi connectivity index (χ1n) is 7.31.